The van der Waals surface area contributed by atoms with E-state index in [-0.39, 0.29) is 11.3 Å². The predicted octanol–water partition coefficient (Wildman–Crippen LogP) is 10.3. The number of carbonyl (C=O) groups excluding carboxylic acids is 3. The van der Waals surface area contributed by atoms with Crippen molar-refractivity contribution in [1.82, 2.24) is 14.7 Å². The van der Waals surface area contributed by atoms with Gasteiger partial charge in [0.1, 0.15) is 47.6 Å². The molecular weight excluding hydrogens is 907 g/mol. The Labute approximate surface area is 404 Å². The first kappa shape index (κ1) is 52.5. The van der Waals surface area contributed by atoms with Crippen LogP contribution in [0.1, 0.15) is 74.5 Å². The van der Waals surface area contributed by atoms with Crippen LogP contribution in [-0.4, -0.2) is 97.9 Å². The highest BCUT2D eigenvalue weighted by Gasteiger charge is 2.22. The molecular formula is C51H52F2N8O9. The van der Waals surface area contributed by atoms with Crippen molar-refractivity contribution in [2.45, 2.75) is 57.8 Å². The lowest BCUT2D eigenvalue weighted by atomic mass is 10.1. The summed E-state index contributed by atoms with van der Waals surface area (Å²) in [5, 5.41) is 34.6. The largest absolute Gasteiger partial charge is 0.493 e. The van der Waals surface area contributed by atoms with Crippen molar-refractivity contribution in [2.75, 3.05) is 53.5 Å². The van der Waals surface area contributed by atoms with Crippen LogP contribution in [0.3, 0.4) is 0 Å². The molecule has 3 saturated heterocycles. The van der Waals surface area contributed by atoms with E-state index in [2.05, 4.69) is 21.2 Å². The van der Waals surface area contributed by atoms with Crippen molar-refractivity contribution >= 4 is 35.3 Å². The molecule has 17 nitrogen and oxygen atoms in total. The van der Waals surface area contributed by atoms with E-state index in [1.54, 1.807) is 46.2 Å². The summed E-state index contributed by atoms with van der Waals surface area (Å²) in [7, 11) is 3.03. The molecule has 3 aliphatic heterocycles. The van der Waals surface area contributed by atoms with E-state index in [4.69, 9.17) is 29.0 Å². The van der Waals surface area contributed by atoms with Crippen molar-refractivity contribution < 1.29 is 51.8 Å². The molecule has 7 rings (SSSR count). The van der Waals surface area contributed by atoms with E-state index >= 15 is 0 Å². The van der Waals surface area contributed by atoms with Crippen molar-refractivity contribution in [1.29, 1.82) is 15.8 Å². The van der Waals surface area contributed by atoms with Gasteiger partial charge >= 0.3 is 18.3 Å². The van der Waals surface area contributed by atoms with Gasteiger partial charge in [-0.05, 0) is 118 Å². The van der Waals surface area contributed by atoms with Gasteiger partial charge in [0.25, 0.3) is 0 Å². The van der Waals surface area contributed by atoms with Crippen molar-refractivity contribution in [3.05, 3.63) is 126 Å². The molecule has 4 aromatic rings. The number of nitriles is 3. The van der Waals surface area contributed by atoms with Gasteiger partial charge in [-0.1, -0.05) is 46.7 Å². The molecule has 0 spiro atoms. The summed E-state index contributed by atoms with van der Waals surface area (Å²) in [5.41, 5.74) is 0.163. The minimum absolute atomic E-state index is 0.00341. The van der Waals surface area contributed by atoms with Crippen LogP contribution in [0.2, 0.25) is 0 Å². The molecule has 4 aromatic carbocycles. The van der Waals surface area contributed by atoms with E-state index in [0.717, 1.165) is 69.9 Å². The van der Waals surface area contributed by atoms with Crippen molar-refractivity contribution in [3.63, 3.8) is 0 Å². The number of likely N-dealkylation sites (tertiary alicyclic amines) is 3. The Morgan fingerprint density at radius 3 is 1.56 bits per heavy atom. The monoisotopic (exact) mass is 958 g/mol. The SMILES string of the molecule is COc1ccc(/C(C#N)=N/OC(=O)N2CCCCC2)cc1OC.N#C/C(=C\OC(=O)N1CCCCC1)c1cccc(Oc2ccccc2)c1.N#C/C(=N\OC(=O)N1CCCCC1)c1c(F)cccc1F. The molecule has 3 heterocycles. The number of oxime groups is 2. The number of allylic oxidation sites excluding steroid dienone is 1. The number of nitrogens with zero attached hydrogens (tertiary/aromatic N) is 8. The van der Waals surface area contributed by atoms with Crippen LogP contribution in [0, 0.1) is 45.6 Å². The smallest absolute Gasteiger partial charge is 0.436 e. The average molecular weight is 959 g/mol. The quantitative estimate of drug-likeness (QED) is 0.0477. The van der Waals surface area contributed by atoms with Crippen LogP contribution in [0.4, 0.5) is 23.2 Å². The van der Waals surface area contributed by atoms with E-state index in [1.807, 2.05) is 42.5 Å². The maximum absolute atomic E-state index is 13.5. The summed E-state index contributed by atoms with van der Waals surface area (Å²) >= 11 is 0. The number of carbonyl (C=O) groups is 3. The highest BCUT2D eigenvalue weighted by atomic mass is 19.1. The molecule has 3 fully saturated rings. The van der Waals surface area contributed by atoms with Gasteiger partial charge < -0.3 is 33.6 Å². The number of methoxy groups -OCH3 is 2. The molecule has 364 valence electrons. The molecule has 0 bridgehead atoms. The highest BCUT2D eigenvalue weighted by Crippen LogP contribution is 2.28. The number of hydrogen-bond acceptors (Lipinski definition) is 14. The number of para-hydroxylation sites is 1. The van der Waals surface area contributed by atoms with Gasteiger partial charge in [0, 0.05) is 44.8 Å². The second-order valence-corrected chi connectivity index (χ2v) is 15.6. The fourth-order valence-corrected chi connectivity index (χ4v) is 7.18. The van der Waals surface area contributed by atoms with Crippen LogP contribution < -0.4 is 14.2 Å². The maximum Gasteiger partial charge on any atom is 0.436 e. The van der Waals surface area contributed by atoms with Gasteiger partial charge in [-0.3, -0.25) is 9.68 Å². The average Bonchev–Trinajstić information content (AvgIpc) is 3.41. The summed E-state index contributed by atoms with van der Waals surface area (Å²) in [5.74, 6) is 0.448. The molecule has 3 amide bonds. The first-order chi connectivity index (χ1) is 34.1. The normalized spacial score (nSPS) is 14.9. The number of benzene rings is 4. The Kier molecular flexibility index (Phi) is 21.0. The zero-order valence-corrected chi connectivity index (χ0v) is 38.9. The summed E-state index contributed by atoms with van der Waals surface area (Å²) < 4.78 is 48.4. The van der Waals surface area contributed by atoms with Crippen LogP contribution in [0.5, 0.6) is 23.0 Å². The lowest BCUT2D eigenvalue weighted by Crippen LogP contribution is -2.35. The number of ether oxygens (including phenoxy) is 4. The van der Waals surface area contributed by atoms with Gasteiger partial charge in [-0.15, -0.1) is 0 Å². The van der Waals surface area contributed by atoms with E-state index in [1.165, 1.54) is 37.5 Å². The molecule has 3 aliphatic rings. The molecule has 0 saturated carbocycles. The summed E-state index contributed by atoms with van der Waals surface area (Å²) in [4.78, 5) is 49.9. The third-order valence-electron chi connectivity index (χ3n) is 10.9. The standard InChI is InChI=1S/C21H20N2O3.C16H19N3O4.C14H13F2N3O2/c22-15-18(16-25-21(24)23-12-5-2-6-13-23)17-8-7-11-20(14-17)26-19-9-3-1-4-10-19;1-21-14-7-6-12(10-15(14)22-2)13(11-17)18-23-16(20)19-8-4-3-5-9-19;15-10-5-4-6-11(16)13(10)12(9-17)18-21-14(20)19-7-2-1-3-8-19/h1,3-4,7-11,14,16H,2,5-6,12-13H2;6-7,10H,3-5,8-9H2,1-2H3;4-6H,1-3,7-8H2/b18-16+;18-13+;18-12+. The zero-order chi connectivity index (χ0) is 50.1. The molecule has 0 aliphatic carbocycles. The number of halogens is 2. The molecule has 0 N–H and O–H groups in total. The van der Waals surface area contributed by atoms with Gasteiger partial charge in [0.2, 0.25) is 0 Å². The summed E-state index contributed by atoms with van der Waals surface area (Å²) in [6.45, 7) is 3.82. The van der Waals surface area contributed by atoms with Crippen LogP contribution in [0.15, 0.2) is 108 Å². The lowest BCUT2D eigenvalue weighted by Gasteiger charge is -2.24. The topological polar surface area (TPSA) is 212 Å². The van der Waals surface area contributed by atoms with E-state index in [0.29, 0.717) is 73.4 Å². The Hall–Kier alpha value is -8.50. The predicted molar refractivity (Wildman–Crippen MR) is 252 cm³/mol. The fraction of sp³-hybridized carbons (Fsp3) is 0.333. The maximum atomic E-state index is 13.5. The summed E-state index contributed by atoms with van der Waals surface area (Å²) in [6.07, 6.45) is 8.48. The number of amides is 3. The first-order valence-corrected chi connectivity index (χ1v) is 22.5. The zero-order valence-electron chi connectivity index (χ0n) is 38.9. The van der Waals surface area contributed by atoms with Gasteiger partial charge in [0.05, 0.1) is 25.4 Å². The van der Waals surface area contributed by atoms with E-state index < -0.39 is 41.2 Å². The Morgan fingerprint density at radius 1 is 0.543 bits per heavy atom. The molecule has 70 heavy (non-hydrogen) atoms. The Balaban J connectivity index is 0.000000197. The van der Waals surface area contributed by atoms with E-state index in [9.17, 15) is 33.7 Å². The third-order valence-corrected chi connectivity index (χ3v) is 10.9. The second-order valence-electron chi connectivity index (χ2n) is 15.6. The number of piperidine rings is 3. The lowest BCUT2D eigenvalue weighted by molar-refractivity contribution is 0.0977. The van der Waals surface area contributed by atoms with Crippen LogP contribution in [0.25, 0.3) is 5.57 Å². The van der Waals surface area contributed by atoms with Gasteiger partial charge in [-0.2, -0.15) is 15.8 Å². The second kappa shape index (κ2) is 28.0. The minimum atomic E-state index is -0.940. The molecule has 0 aromatic heterocycles. The fourth-order valence-electron chi connectivity index (χ4n) is 7.18. The minimum Gasteiger partial charge on any atom is -0.493 e. The van der Waals surface area contributed by atoms with Gasteiger partial charge in [0.15, 0.2) is 22.9 Å². The molecule has 19 heteroatoms. The Bertz CT molecular complexity index is 2610. The molecule has 0 radical (unpaired) electrons. The van der Waals surface area contributed by atoms with Crippen molar-refractivity contribution in [3.8, 4) is 41.2 Å². The van der Waals surface area contributed by atoms with Crippen LogP contribution >= 0.6 is 0 Å². The summed E-state index contributed by atoms with van der Waals surface area (Å²) in [6, 6.07) is 30.2. The van der Waals surface area contributed by atoms with Crippen molar-refractivity contribution in [2.24, 2.45) is 10.3 Å². The highest BCUT2D eigenvalue weighted by molar-refractivity contribution is 6.12. The third kappa shape index (κ3) is 15.8. The number of rotatable bonds is 10. The first-order valence-electron chi connectivity index (χ1n) is 22.5. The molecule has 0 unspecified atom stereocenters. The van der Waals surface area contributed by atoms with Crippen LogP contribution in [-0.2, 0) is 14.4 Å². The molecule has 0 atom stereocenters. The Morgan fingerprint density at radius 2 is 1.04 bits per heavy atom. The number of hydrogen-bond donors (Lipinski definition) is 0. The van der Waals surface area contributed by atoms with Gasteiger partial charge in [-0.25, -0.2) is 23.2 Å².